The standard InChI is InChI=1S/C24H20BrN3O2/c25-19-11-14-28-20(15-19)26-21(22(28)17-5-2-1-3-6-17)16-7-9-18(10-8-16)24(12-4-13-24)27-23(29)30/h1-3,5-11,14-15,27H,4,12-13H2,(H,29,30). The van der Waals surface area contributed by atoms with Crippen LogP contribution in [0, 0.1) is 0 Å². The van der Waals surface area contributed by atoms with Crippen LogP contribution >= 0.6 is 15.9 Å². The van der Waals surface area contributed by atoms with E-state index in [0.29, 0.717) is 0 Å². The van der Waals surface area contributed by atoms with Gasteiger partial charge in [-0.15, -0.1) is 0 Å². The largest absolute Gasteiger partial charge is 0.465 e. The normalized spacial score (nSPS) is 15.0. The van der Waals surface area contributed by atoms with E-state index in [9.17, 15) is 9.90 Å². The number of nitrogens with zero attached hydrogens (tertiary/aromatic N) is 2. The first-order chi connectivity index (χ1) is 14.6. The van der Waals surface area contributed by atoms with Gasteiger partial charge in [-0.2, -0.15) is 0 Å². The van der Waals surface area contributed by atoms with Crippen LogP contribution in [-0.4, -0.2) is 20.6 Å². The summed E-state index contributed by atoms with van der Waals surface area (Å²) in [5.74, 6) is 0. The van der Waals surface area contributed by atoms with Crippen molar-refractivity contribution in [1.82, 2.24) is 14.7 Å². The molecule has 1 amide bonds. The number of amides is 1. The smallest absolute Gasteiger partial charge is 0.405 e. The molecule has 5 nitrogen and oxygen atoms in total. The number of hydrogen-bond acceptors (Lipinski definition) is 2. The molecule has 6 heteroatoms. The molecule has 2 N–H and O–H groups in total. The number of rotatable bonds is 4. The first-order valence-electron chi connectivity index (χ1n) is 9.91. The third-order valence-corrected chi connectivity index (χ3v) is 6.39. The molecule has 1 saturated carbocycles. The van der Waals surface area contributed by atoms with Crippen molar-refractivity contribution in [2.75, 3.05) is 0 Å². The number of nitrogens with one attached hydrogen (secondary N) is 1. The first-order valence-corrected chi connectivity index (χ1v) is 10.7. The molecule has 1 aliphatic rings. The van der Waals surface area contributed by atoms with Gasteiger partial charge in [-0.05, 0) is 37.0 Å². The highest BCUT2D eigenvalue weighted by Crippen LogP contribution is 2.42. The summed E-state index contributed by atoms with van der Waals surface area (Å²) < 4.78 is 3.08. The summed E-state index contributed by atoms with van der Waals surface area (Å²) in [6.07, 6.45) is 3.73. The van der Waals surface area contributed by atoms with Gasteiger partial charge in [-0.3, -0.25) is 4.40 Å². The molecule has 0 spiro atoms. The van der Waals surface area contributed by atoms with Crippen LogP contribution in [0.3, 0.4) is 0 Å². The number of carboxylic acid groups (broad SMARTS) is 1. The highest BCUT2D eigenvalue weighted by Gasteiger charge is 2.40. The monoisotopic (exact) mass is 461 g/mol. The van der Waals surface area contributed by atoms with Crippen molar-refractivity contribution >= 4 is 27.7 Å². The number of halogens is 1. The van der Waals surface area contributed by atoms with E-state index in [1.54, 1.807) is 0 Å². The van der Waals surface area contributed by atoms with Crippen LogP contribution in [-0.2, 0) is 5.54 Å². The molecule has 0 aliphatic heterocycles. The van der Waals surface area contributed by atoms with Gasteiger partial charge in [0.1, 0.15) is 5.65 Å². The molecule has 0 saturated heterocycles. The van der Waals surface area contributed by atoms with Crippen LogP contribution in [0.2, 0.25) is 0 Å². The van der Waals surface area contributed by atoms with Gasteiger partial charge >= 0.3 is 6.09 Å². The van der Waals surface area contributed by atoms with Gasteiger partial charge in [-0.1, -0.05) is 70.5 Å². The quantitative estimate of drug-likeness (QED) is 0.387. The zero-order valence-electron chi connectivity index (χ0n) is 16.2. The summed E-state index contributed by atoms with van der Waals surface area (Å²) in [5, 5.41) is 12.0. The average Bonchev–Trinajstić information content (AvgIpc) is 3.10. The Morgan fingerprint density at radius 3 is 2.40 bits per heavy atom. The van der Waals surface area contributed by atoms with Crippen LogP contribution < -0.4 is 5.32 Å². The van der Waals surface area contributed by atoms with E-state index >= 15 is 0 Å². The van der Waals surface area contributed by atoms with E-state index in [2.05, 4.69) is 37.8 Å². The molecule has 0 bridgehead atoms. The van der Waals surface area contributed by atoms with Gasteiger partial charge in [0.2, 0.25) is 0 Å². The van der Waals surface area contributed by atoms with Gasteiger partial charge in [0.05, 0.1) is 16.9 Å². The minimum absolute atomic E-state index is 0.462. The predicted molar refractivity (Wildman–Crippen MR) is 120 cm³/mol. The molecular formula is C24H20BrN3O2. The third-order valence-electron chi connectivity index (χ3n) is 5.90. The SMILES string of the molecule is O=C(O)NC1(c2ccc(-c3nc4cc(Br)ccn4c3-c3ccccc3)cc2)CCC1. The van der Waals surface area contributed by atoms with Crippen LogP contribution in [0.4, 0.5) is 4.79 Å². The summed E-state index contributed by atoms with van der Waals surface area (Å²) in [5.41, 5.74) is 5.44. The van der Waals surface area contributed by atoms with Gasteiger partial charge < -0.3 is 10.4 Å². The van der Waals surface area contributed by atoms with Gasteiger partial charge in [0.25, 0.3) is 0 Å². The maximum atomic E-state index is 11.3. The van der Waals surface area contributed by atoms with Gasteiger partial charge in [-0.25, -0.2) is 9.78 Å². The van der Waals surface area contributed by atoms with Crippen LogP contribution in [0.25, 0.3) is 28.2 Å². The van der Waals surface area contributed by atoms with E-state index in [0.717, 1.165) is 57.5 Å². The minimum atomic E-state index is -0.976. The third kappa shape index (κ3) is 3.17. The van der Waals surface area contributed by atoms with Gasteiger partial charge in [0, 0.05) is 21.8 Å². The van der Waals surface area contributed by atoms with Crippen LogP contribution in [0.5, 0.6) is 0 Å². The van der Waals surface area contributed by atoms with Crippen molar-refractivity contribution in [1.29, 1.82) is 0 Å². The molecular weight excluding hydrogens is 442 g/mol. The Balaban J connectivity index is 1.62. The number of fused-ring (bicyclic) bond motifs is 1. The number of benzene rings is 2. The van der Waals surface area contributed by atoms with E-state index < -0.39 is 11.6 Å². The highest BCUT2D eigenvalue weighted by atomic mass is 79.9. The fraction of sp³-hybridized carbons (Fsp3) is 0.167. The molecule has 4 aromatic rings. The molecule has 150 valence electrons. The van der Waals surface area contributed by atoms with E-state index in [1.807, 2.05) is 60.8 Å². The summed E-state index contributed by atoms with van der Waals surface area (Å²) in [6, 6.07) is 22.4. The zero-order valence-corrected chi connectivity index (χ0v) is 17.8. The molecule has 1 aliphatic carbocycles. The molecule has 2 aromatic carbocycles. The second kappa shape index (κ2) is 7.29. The number of pyridine rings is 1. The Bertz CT molecular complexity index is 1230. The second-order valence-corrected chi connectivity index (χ2v) is 8.61. The van der Waals surface area contributed by atoms with Gasteiger partial charge in [0.15, 0.2) is 0 Å². The zero-order chi connectivity index (χ0) is 20.7. The number of aromatic nitrogens is 2. The molecule has 1 fully saturated rings. The maximum absolute atomic E-state index is 11.3. The van der Waals surface area contributed by atoms with E-state index in [4.69, 9.17) is 4.98 Å². The van der Waals surface area contributed by atoms with E-state index in [-0.39, 0.29) is 0 Å². The van der Waals surface area contributed by atoms with Crippen LogP contribution in [0.1, 0.15) is 24.8 Å². The molecule has 5 rings (SSSR count). The Hall–Kier alpha value is -3.12. The molecule has 30 heavy (non-hydrogen) atoms. The average molecular weight is 462 g/mol. The molecule has 0 radical (unpaired) electrons. The predicted octanol–water partition coefficient (Wildman–Crippen LogP) is 6.08. The van der Waals surface area contributed by atoms with Crippen molar-refractivity contribution in [3.05, 3.63) is 83.0 Å². The lowest BCUT2D eigenvalue weighted by Gasteiger charge is -2.42. The van der Waals surface area contributed by atoms with Crippen molar-refractivity contribution in [3.63, 3.8) is 0 Å². The number of hydrogen-bond donors (Lipinski definition) is 2. The minimum Gasteiger partial charge on any atom is -0.465 e. The van der Waals surface area contributed by atoms with Crippen molar-refractivity contribution < 1.29 is 9.90 Å². The lowest BCUT2D eigenvalue weighted by molar-refractivity contribution is 0.144. The maximum Gasteiger partial charge on any atom is 0.405 e. The summed E-state index contributed by atoms with van der Waals surface area (Å²) >= 11 is 3.54. The van der Waals surface area contributed by atoms with E-state index in [1.165, 1.54) is 0 Å². The number of imidazole rings is 1. The van der Waals surface area contributed by atoms with Crippen molar-refractivity contribution in [2.24, 2.45) is 0 Å². The summed E-state index contributed by atoms with van der Waals surface area (Å²) in [6.45, 7) is 0. The Morgan fingerprint density at radius 2 is 1.77 bits per heavy atom. The molecule has 2 aromatic heterocycles. The molecule has 0 unspecified atom stereocenters. The Kier molecular flexibility index (Phi) is 4.59. The first kappa shape index (κ1) is 18.9. The van der Waals surface area contributed by atoms with Crippen molar-refractivity contribution in [2.45, 2.75) is 24.8 Å². The topological polar surface area (TPSA) is 66.6 Å². The van der Waals surface area contributed by atoms with Crippen LogP contribution in [0.15, 0.2) is 77.4 Å². The second-order valence-electron chi connectivity index (χ2n) is 7.69. The lowest BCUT2D eigenvalue weighted by atomic mass is 9.72. The fourth-order valence-corrected chi connectivity index (χ4v) is 4.58. The van der Waals surface area contributed by atoms with Crippen molar-refractivity contribution in [3.8, 4) is 22.5 Å². The fourth-order valence-electron chi connectivity index (χ4n) is 4.26. The Labute approximate surface area is 182 Å². The molecule has 0 atom stereocenters. The Morgan fingerprint density at radius 1 is 1.03 bits per heavy atom. The lowest BCUT2D eigenvalue weighted by Crippen LogP contribution is -2.50. The highest BCUT2D eigenvalue weighted by molar-refractivity contribution is 9.10. The summed E-state index contributed by atoms with van der Waals surface area (Å²) in [4.78, 5) is 16.2. The number of carbonyl (C=O) groups is 1. The summed E-state index contributed by atoms with van der Waals surface area (Å²) in [7, 11) is 0. The molecule has 2 heterocycles.